The molecule has 0 aliphatic carbocycles. The van der Waals surface area contributed by atoms with Crippen LogP contribution in [0.2, 0.25) is 0 Å². The first-order chi connectivity index (χ1) is 12.7. The molecule has 128 valence electrons. The van der Waals surface area contributed by atoms with Crippen LogP contribution in [-0.2, 0) is 0 Å². The van der Waals surface area contributed by atoms with Crippen LogP contribution >= 0.6 is 35.3 Å². The summed E-state index contributed by atoms with van der Waals surface area (Å²) < 4.78 is 6.01. The summed E-state index contributed by atoms with van der Waals surface area (Å²) in [5, 5.41) is 0.913. The predicted octanol–water partition coefficient (Wildman–Crippen LogP) is 5.65. The number of fused-ring (bicyclic) bond motifs is 5. The highest BCUT2D eigenvalue weighted by atomic mass is 32.2. The molecule has 5 rings (SSSR count). The van der Waals surface area contributed by atoms with E-state index in [-0.39, 0.29) is 0 Å². The van der Waals surface area contributed by atoms with Crippen molar-refractivity contribution in [2.45, 2.75) is 12.1 Å². The first-order valence-electron chi connectivity index (χ1n) is 8.12. The third-order valence-electron chi connectivity index (χ3n) is 4.48. The van der Waals surface area contributed by atoms with E-state index in [4.69, 9.17) is 22.2 Å². The Hall–Kier alpha value is -2.22. The van der Waals surface area contributed by atoms with Gasteiger partial charge in [0.1, 0.15) is 4.70 Å². The maximum atomic E-state index is 5.72. The van der Waals surface area contributed by atoms with Crippen LogP contribution in [-0.4, -0.2) is 25.2 Å². The van der Waals surface area contributed by atoms with Gasteiger partial charge in [0.25, 0.3) is 0 Å². The second-order valence-electron chi connectivity index (χ2n) is 6.00. The van der Waals surface area contributed by atoms with Gasteiger partial charge in [0, 0.05) is 0 Å². The van der Waals surface area contributed by atoms with Crippen LogP contribution in [0.15, 0.2) is 53.7 Å². The molecule has 3 aromatic heterocycles. The average Bonchev–Trinajstić information content (AvgIpc) is 3.19. The number of para-hydroxylation sites is 3. The fraction of sp³-hybridized carbons (Fsp3) is 0.105. The molecule has 0 saturated carbocycles. The van der Waals surface area contributed by atoms with Crippen molar-refractivity contribution in [1.82, 2.24) is 18.9 Å². The molecule has 0 amide bonds. The number of aryl methyl sites for hydroxylation is 1. The average molecular weight is 395 g/mol. The normalized spacial score (nSPS) is 11.8. The van der Waals surface area contributed by atoms with E-state index >= 15 is 0 Å². The number of nitrogens with zero attached hydrogens (tertiary/aromatic N) is 4. The number of hydrogen-bond donors (Lipinski definition) is 0. The van der Waals surface area contributed by atoms with Crippen LogP contribution in [0.25, 0.3) is 32.7 Å². The minimum Gasteiger partial charge on any atom is -0.275 e. The van der Waals surface area contributed by atoms with Crippen molar-refractivity contribution in [2.75, 3.05) is 6.26 Å². The van der Waals surface area contributed by atoms with Crippen molar-refractivity contribution in [3.63, 3.8) is 0 Å². The lowest BCUT2D eigenvalue weighted by Gasteiger charge is -2.09. The highest BCUT2D eigenvalue weighted by Gasteiger charge is 2.19. The van der Waals surface area contributed by atoms with Crippen LogP contribution in [0.3, 0.4) is 0 Å². The van der Waals surface area contributed by atoms with Crippen molar-refractivity contribution < 1.29 is 0 Å². The Morgan fingerprint density at radius 2 is 1.77 bits per heavy atom. The molecule has 0 saturated heterocycles. The summed E-state index contributed by atoms with van der Waals surface area (Å²) in [6.45, 7) is 2.10. The molecule has 7 heteroatoms. The number of benzene rings is 2. The van der Waals surface area contributed by atoms with E-state index in [0.717, 1.165) is 41.8 Å². The van der Waals surface area contributed by atoms with Crippen LogP contribution in [0.1, 0.15) is 5.56 Å². The van der Waals surface area contributed by atoms with E-state index in [9.17, 15) is 0 Å². The Bertz CT molecular complexity index is 1360. The molecular weight excluding hydrogens is 380 g/mol. The first kappa shape index (κ1) is 16.0. The Labute approximate surface area is 163 Å². The molecule has 5 aromatic rings. The molecule has 2 aromatic carbocycles. The Morgan fingerprint density at radius 3 is 2.58 bits per heavy atom. The Kier molecular flexibility index (Phi) is 3.63. The number of aromatic nitrogens is 4. The van der Waals surface area contributed by atoms with E-state index in [1.165, 1.54) is 5.56 Å². The van der Waals surface area contributed by atoms with Gasteiger partial charge in [-0.3, -0.25) is 8.97 Å². The summed E-state index contributed by atoms with van der Waals surface area (Å²) in [4.78, 5) is 9.86. The van der Waals surface area contributed by atoms with Gasteiger partial charge < -0.3 is 0 Å². The summed E-state index contributed by atoms with van der Waals surface area (Å²) in [6.07, 6.45) is 2.04. The van der Waals surface area contributed by atoms with Crippen molar-refractivity contribution in [3.8, 4) is 5.69 Å². The van der Waals surface area contributed by atoms with Gasteiger partial charge in [-0.2, -0.15) is 0 Å². The zero-order chi connectivity index (χ0) is 17.8. The number of imidazole rings is 1. The van der Waals surface area contributed by atoms with Crippen molar-refractivity contribution in [1.29, 1.82) is 0 Å². The van der Waals surface area contributed by atoms with E-state index in [1.54, 1.807) is 23.1 Å². The summed E-state index contributed by atoms with van der Waals surface area (Å²) in [5.41, 5.74) is 6.08. The monoisotopic (exact) mass is 394 g/mol. The molecule has 3 heterocycles. The minimum atomic E-state index is 0.786. The second-order valence-corrected chi connectivity index (χ2v) is 8.42. The van der Waals surface area contributed by atoms with Crippen molar-refractivity contribution in [2.24, 2.45) is 0 Å². The molecular formula is C19H14N4S3. The van der Waals surface area contributed by atoms with E-state index in [2.05, 4.69) is 34.1 Å². The van der Waals surface area contributed by atoms with Gasteiger partial charge >= 0.3 is 0 Å². The van der Waals surface area contributed by atoms with Gasteiger partial charge in [0.05, 0.1) is 16.7 Å². The fourth-order valence-corrected chi connectivity index (χ4v) is 5.18. The number of rotatable bonds is 2. The minimum absolute atomic E-state index is 0.786. The molecule has 0 N–H and O–H groups in total. The van der Waals surface area contributed by atoms with Gasteiger partial charge in [-0.1, -0.05) is 53.4 Å². The lowest BCUT2D eigenvalue weighted by atomic mass is 10.2. The molecule has 4 nitrogen and oxygen atoms in total. The standard InChI is InChI=1S/C19H14N4S3/c1-11-7-3-5-9-13(11)23-17-15(26-19(23)24)16-20-12-8-4-6-10-14(12)22(16)18(21-17)25-2/h3-10H,1-2H3. The molecule has 0 bridgehead atoms. The van der Waals surface area contributed by atoms with E-state index < -0.39 is 0 Å². The third-order valence-corrected chi connectivity index (χ3v) is 6.48. The summed E-state index contributed by atoms with van der Waals surface area (Å²) in [5.74, 6) is 0. The number of thioether (sulfide) groups is 1. The van der Waals surface area contributed by atoms with Gasteiger partial charge in [-0.05, 0) is 49.2 Å². The highest BCUT2D eigenvalue weighted by molar-refractivity contribution is 7.98. The number of thiazole rings is 1. The lowest BCUT2D eigenvalue weighted by Crippen LogP contribution is -2.01. The zero-order valence-corrected chi connectivity index (χ0v) is 16.6. The fourth-order valence-electron chi connectivity index (χ4n) is 3.29. The highest BCUT2D eigenvalue weighted by Crippen LogP contribution is 2.34. The van der Waals surface area contributed by atoms with Crippen LogP contribution in [0.4, 0.5) is 0 Å². The van der Waals surface area contributed by atoms with E-state index in [0.29, 0.717) is 0 Å². The summed E-state index contributed by atoms with van der Waals surface area (Å²) in [6, 6.07) is 16.4. The molecule has 0 fully saturated rings. The van der Waals surface area contributed by atoms with Crippen molar-refractivity contribution >= 4 is 62.3 Å². The predicted molar refractivity (Wildman–Crippen MR) is 113 cm³/mol. The lowest BCUT2D eigenvalue weighted by molar-refractivity contribution is 0.928. The topological polar surface area (TPSA) is 35.1 Å². The SMILES string of the molecule is CSc1nc2c(sc(=S)n2-c2ccccc2C)c2nc3ccccc3n12. The Morgan fingerprint density at radius 1 is 1.00 bits per heavy atom. The van der Waals surface area contributed by atoms with Gasteiger partial charge in [-0.15, -0.1) is 0 Å². The van der Waals surface area contributed by atoms with Crippen LogP contribution < -0.4 is 0 Å². The molecule has 0 radical (unpaired) electrons. The largest absolute Gasteiger partial charge is 0.275 e. The molecule has 0 unspecified atom stereocenters. The van der Waals surface area contributed by atoms with Gasteiger partial charge in [0.2, 0.25) is 0 Å². The quantitative estimate of drug-likeness (QED) is 0.220. The zero-order valence-electron chi connectivity index (χ0n) is 14.1. The van der Waals surface area contributed by atoms with Crippen LogP contribution in [0, 0.1) is 10.9 Å². The molecule has 0 spiro atoms. The smallest absolute Gasteiger partial charge is 0.176 e. The second kappa shape index (κ2) is 5.90. The number of hydrogen-bond acceptors (Lipinski definition) is 5. The van der Waals surface area contributed by atoms with Crippen molar-refractivity contribution in [3.05, 3.63) is 58.0 Å². The summed E-state index contributed by atoms with van der Waals surface area (Å²) >= 11 is 8.90. The maximum Gasteiger partial charge on any atom is 0.176 e. The van der Waals surface area contributed by atoms with Gasteiger partial charge in [-0.25, -0.2) is 9.97 Å². The maximum absolute atomic E-state index is 5.72. The molecule has 0 atom stereocenters. The third kappa shape index (κ3) is 2.17. The van der Waals surface area contributed by atoms with Gasteiger partial charge in [0.15, 0.2) is 20.4 Å². The first-order valence-corrected chi connectivity index (χ1v) is 10.6. The Balaban J connectivity index is 2.00. The molecule has 26 heavy (non-hydrogen) atoms. The van der Waals surface area contributed by atoms with Crippen LogP contribution in [0.5, 0.6) is 0 Å². The summed E-state index contributed by atoms with van der Waals surface area (Å²) in [7, 11) is 0. The van der Waals surface area contributed by atoms with E-state index in [1.807, 2.05) is 36.6 Å². The molecule has 0 aliphatic heterocycles. The molecule has 0 aliphatic rings.